The fourth-order valence-corrected chi connectivity index (χ4v) is 14.9. The molecule has 0 spiro atoms. The molecule has 4 nitrogen and oxygen atoms in total. The van der Waals surface area contributed by atoms with Crippen LogP contribution in [0.1, 0.15) is 66.8 Å². The number of fused-ring (bicyclic) bond motifs is 6. The van der Waals surface area contributed by atoms with Crippen molar-refractivity contribution in [3.8, 4) is 56.4 Å². The maximum Gasteiger partial charge on any atom is 0.128 e. The maximum atomic E-state index is 16.1. The normalized spacial score (nSPS) is 14.7. The zero-order chi connectivity index (χ0) is 68.2. The highest BCUT2D eigenvalue weighted by Crippen LogP contribution is 2.60. The van der Waals surface area contributed by atoms with E-state index < -0.39 is 10.8 Å². The van der Waals surface area contributed by atoms with Crippen LogP contribution in [0, 0.1) is 37.1 Å². The lowest BCUT2D eigenvalue weighted by atomic mass is 9.67. The molecule has 0 saturated heterocycles. The van der Waals surface area contributed by atoms with Crippen LogP contribution in [-0.2, 0) is 10.8 Å². The summed E-state index contributed by atoms with van der Waals surface area (Å²) in [5.74, 6) is 1.24. The van der Waals surface area contributed by atoms with Gasteiger partial charge >= 0.3 is 0 Å². The number of anilines is 6. The molecule has 2 aliphatic rings. The van der Waals surface area contributed by atoms with Crippen molar-refractivity contribution in [1.29, 1.82) is 0 Å². The van der Waals surface area contributed by atoms with Gasteiger partial charge in [0.1, 0.15) is 46.3 Å². The first-order chi connectivity index (χ1) is 48.9. The van der Waals surface area contributed by atoms with Gasteiger partial charge < -0.3 is 19.3 Å². The van der Waals surface area contributed by atoms with Gasteiger partial charge in [0.25, 0.3) is 0 Å². The van der Waals surface area contributed by atoms with Crippen LogP contribution in [0.3, 0.4) is 0 Å². The van der Waals surface area contributed by atoms with Crippen molar-refractivity contribution in [3.63, 3.8) is 0 Å². The van der Waals surface area contributed by atoms with Gasteiger partial charge in [-0.05, 0) is 260 Å². The van der Waals surface area contributed by atoms with Gasteiger partial charge in [0, 0.05) is 34.1 Å². The predicted molar refractivity (Wildman–Crippen MR) is 398 cm³/mol. The summed E-state index contributed by atoms with van der Waals surface area (Å²) in [5.41, 5.74) is 18.3. The molecule has 16 rings (SSSR count). The summed E-state index contributed by atoms with van der Waals surface area (Å²) in [6, 6.07) is 102. The molecule has 0 aliphatic heterocycles. The molecular formula is C92H64F4N2O2. The Kier molecular flexibility index (Phi) is 15.9. The Morgan fingerprint density at radius 2 is 0.620 bits per heavy atom. The number of nitrogens with zero attached hydrogens (tertiary/aromatic N) is 2. The topological polar surface area (TPSA) is 24.9 Å². The van der Waals surface area contributed by atoms with Crippen molar-refractivity contribution in [3.05, 3.63) is 419 Å². The van der Waals surface area contributed by atoms with Crippen LogP contribution in [0.4, 0.5) is 51.7 Å². The lowest BCUT2D eigenvalue weighted by Gasteiger charge is -2.35. The zero-order valence-electron chi connectivity index (χ0n) is 54.8. The predicted octanol–water partition coefficient (Wildman–Crippen LogP) is 25.1. The minimum absolute atomic E-state index is 0.345. The van der Waals surface area contributed by atoms with Gasteiger partial charge in [0.2, 0.25) is 0 Å². The minimum Gasteiger partial charge on any atom is -0.457 e. The monoisotopic (exact) mass is 1300 g/mol. The van der Waals surface area contributed by atoms with Gasteiger partial charge in [-0.25, -0.2) is 17.6 Å². The maximum absolute atomic E-state index is 16.1. The van der Waals surface area contributed by atoms with E-state index in [4.69, 9.17) is 9.47 Å². The van der Waals surface area contributed by atoms with Crippen molar-refractivity contribution in [2.24, 2.45) is 0 Å². The van der Waals surface area contributed by atoms with Gasteiger partial charge in [-0.1, -0.05) is 195 Å². The van der Waals surface area contributed by atoms with Crippen molar-refractivity contribution < 1.29 is 27.0 Å². The Morgan fingerprint density at radius 3 is 0.980 bits per heavy atom. The SMILES string of the molecule is C=Cc1ccc(Oc2ccc(C3(c4cccc(F)c4)c4ccccc4-c4ccc(N(c5ccc(-c6ccc(N(c7ccc(C)c(F)c7)c7ccc8c(c7)[C@](c7ccc(Oc9ccc(C=C)cc9)cc7)(c7cccc(F)c7)c7ccccc7-8)cc6)cc5)c5ccc(C)c(F)c5)cc43)cc2)cc1. The fourth-order valence-electron chi connectivity index (χ4n) is 14.9. The summed E-state index contributed by atoms with van der Waals surface area (Å²) < 4.78 is 76.7. The van der Waals surface area contributed by atoms with Crippen LogP contribution in [0.25, 0.3) is 45.5 Å². The number of hydrogen-bond donors (Lipinski definition) is 0. The van der Waals surface area contributed by atoms with Crippen molar-refractivity contribution in [2.75, 3.05) is 9.80 Å². The van der Waals surface area contributed by atoms with Crippen molar-refractivity contribution >= 4 is 46.3 Å². The van der Waals surface area contributed by atoms with Crippen LogP contribution < -0.4 is 19.3 Å². The van der Waals surface area contributed by atoms with Gasteiger partial charge in [0.15, 0.2) is 0 Å². The Labute approximate surface area is 579 Å². The number of benzene rings is 14. The largest absolute Gasteiger partial charge is 0.457 e. The highest BCUT2D eigenvalue weighted by atomic mass is 19.1. The lowest BCUT2D eigenvalue weighted by Crippen LogP contribution is -2.29. The van der Waals surface area contributed by atoms with Gasteiger partial charge in [-0.3, -0.25) is 0 Å². The Morgan fingerprint density at radius 1 is 0.290 bits per heavy atom. The van der Waals surface area contributed by atoms with E-state index in [0.717, 1.165) is 112 Å². The van der Waals surface area contributed by atoms with E-state index in [1.54, 1.807) is 74.5 Å². The third kappa shape index (κ3) is 10.8. The molecule has 14 aromatic rings. The van der Waals surface area contributed by atoms with Crippen LogP contribution in [-0.4, -0.2) is 0 Å². The van der Waals surface area contributed by atoms with Gasteiger partial charge in [-0.2, -0.15) is 0 Å². The average Bonchev–Trinajstić information content (AvgIpc) is 1.54. The molecule has 482 valence electrons. The van der Waals surface area contributed by atoms with E-state index in [1.807, 2.05) is 146 Å². The molecule has 0 amide bonds. The summed E-state index contributed by atoms with van der Waals surface area (Å²) in [4.78, 5) is 4.13. The van der Waals surface area contributed by atoms with Crippen molar-refractivity contribution in [1.82, 2.24) is 0 Å². The molecule has 0 aromatic heterocycles. The summed E-state index contributed by atoms with van der Waals surface area (Å²) >= 11 is 0. The Balaban J connectivity index is 0.776. The molecular weight excluding hydrogens is 1240 g/mol. The molecule has 2 aliphatic carbocycles. The first-order valence-corrected chi connectivity index (χ1v) is 33.2. The average molecular weight is 1310 g/mol. The van der Waals surface area contributed by atoms with Crippen LogP contribution in [0.5, 0.6) is 23.0 Å². The first-order valence-electron chi connectivity index (χ1n) is 33.2. The molecule has 0 fully saturated rings. The van der Waals surface area contributed by atoms with Crippen LogP contribution >= 0.6 is 0 Å². The molecule has 0 saturated carbocycles. The number of halogens is 4. The molecule has 0 heterocycles. The zero-order valence-corrected chi connectivity index (χ0v) is 54.8. The summed E-state index contributed by atoms with van der Waals surface area (Å²) in [7, 11) is 0. The van der Waals surface area contributed by atoms with E-state index in [1.165, 1.54) is 12.1 Å². The summed E-state index contributed by atoms with van der Waals surface area (Å²) in [6.07, 6.45) is 3.58. The molecule has 0 radical (unpaired) electrons. The molecule has 2 atom stereocenters. The number of aryl methyl sites for hydroxylation is 2. The third-order valence-electron chi connectivity index (χ3n) is 19.8. The van der Waals surface area contributed by atoms with E-state index >= 15 is 17.6 Å². The number of rotatable bonds is 17. The van der Waals surface area contributed by atoms with E-state index in [2.05, 4.69) is 132 Å². The number of hydrogen-bond acceptors (Lipinski definition) is 4. The highest BCUT2D eigenvalue weighted by Gasteiger charge is 2.48. The molecule has 100 heavy (non-hydrogen) atoms. The molecule has 8 heteroatoms. The van der Waals surface area contributed by atoms with Gasteiger partial charge in [0.05, 0.1) is 10.8 Å². The molecule has 14 aromatic carbocycles. The molecule has 0 bridgehead atoms. The lowest BCUT2D eigenvalue weighted by molar-refractivity contribution is 0.482. The Bertz CT molecular complexity index is 5140. The molecule has 1 unspecified atom stereocenters. The second-order valence-electron chi connectivity index (χ2n) is 25.5. The van der Waals surface area contributed by atoms with Crippen LogP contribution in [0.15, 0.2) is 329 Å². The van der Waals surface area contributed by atoms with E-state index in [9.17, 15) is 0 Å². The minimum atomic E-state index is -0.999. The fraction of sp³-hybridized carbons (Fsp3) is 0.0435. The second kappa shape index (κ2) is 25.5. The quantitative estimate of drug-likeness (QED) is 0.0849. The smallest absolute Gasteiger partial charge is 0.128 e. The summed E-state index contributed by atoms with van der Waals surface area (Å²) in [6.45, 7) is 11.3. The second-order valence-corrected chi connectivity index (χ2v) is 25.5. The summed E-state index contributed by atoms with van der Waals surface area (Å²) in [5, 5.41) is 0. The van der Waals surface area contributed by atoms with Crippen LogP contribution in [0.2, 0.25) is 0 Å². The van der Waals surface area contributed by atoms with Gasteiger partial charge in [-0.15, -0.1) is 0 Å². The molecule has 0 N–H and O–H groups in total. The van der Waals surface area contributed by atoms with E-state index in [-0.39, 0.29) is 23.3 Å². The highest BCUT2D eigenvalue weighted by molar-refractivity contribution is 5.92. The Hall–Kier alpha value is -12.5. The standard InChI is InChI=1S/C92H64F4N2O2/c1-5-61-23-43-77(44-24-61)99-79-47-31-65(32-48-79)91(67-13-11-15-69(93)53-67)85-19-9-7-17-81(85)83-51-41-73(55-87(83)91)97(75-35-21-59(3)89(95)57-75)71-37-27-63(28-38-71)64-29-39-72(40-30-64)98(76-36-22-60(4)90(96)58-76)74-42-52-84-82-18-8-10-20-86(82)92(88(84)56-74,68-14-12-16-70(94)54-68)66-33-49-80(50-34-66)100-78-45-25-62(6-2)26-46-78/h5-58H,1-2H2,3-4H3/t91-,92?/m1/s1. The first kappa shape index (κ1) is 62.3. The number of ether oxygens (including phenoxy) is 2. The van der Waals surface area contributed by atoms with Crippen molar-refractivity contribution in [2.45, 2.75) is 24.7 Å². The third-order valence-corrected chi connectivity index (χ3v) is 19.8. The van der Waals surface area contributed by atoms with E-state index in [0.29, 0.717) is 45.5 Å².